The maximum absolute atomic E-state index is 12.7. The summed E-state index contributed by atoms with van der Waals surface area (Å²) in [6, 6.07) is 0. The van der Waals surface area contributed by atoms with E-state index < -0.39 is 6.10 Å². The van der Waals surface area contributed by atoms with E-state index in [0.29, 0.717) is 19.3 Å². The number of hydrogen-bond donors (Lipinski definition) is 0. The van der Waals surface area contributed by atoms with Crippen molar-refractivity contribution in [3.8, 4) is 0 Å². The van der Waals surface area contributed by atoms with Crippen LogP contribution in [0.1, 0.15) is 239 Å². The second kappa shape index (κ2) is 46.1. The molecule has 0 aromatic heterocycles. The van der Waals surface area contributed by atoms with Crippen molar-refractivity contribution in [3.63, 3.8) is 0 Å². The van der Waals surface area contributed by atoms with Crippen LogP contribution in [0.5, 0.6) is 0 Å². The lowest BCUT2D eigenvalue weighted by molar-refractivity contribution is -0.167. The molecule has 0 saturated heterocycles. The number of allylic oxidation sites excluding steroid dienone is 8. The summed E-state index contributed by atoms with van der Waals surface area (Å²) in [7, 11) is 0. The molecule has 6 nitrogen and oxygen atoms in total. The van der Waals surface area contributed by atoms with Gasteiger partial charge in [0.25, 0.3) is 0 Å². The summed E-state index contributed by atoms with van der Waals surface area (Å²) < 4.78 is 16.7. The molecular formula is C51H90O6. The normalized spacial score (nSPS) is 12.4. The van der Waals surface area contributed by atoms with Gasteiger partial charge in [0.15, 0.2) is 6.10 Å². The minimum atomic E-state index is -0.783. The fraction of sp³-hybridized carbons (Fsp3) is 0.784. The maximum atomic E-state index is 12.7. The molecule has 0 saturated carbocycles. The first-order chi connectivity index (χ1) is 28.0. The van der Waals surface area contributed by atoms with Crippen LogP contribution in [0.2, 0.25) is 0 Å². The van der Waals surface area contributed by atoms with Gasteiger partial charge >= 0.3 is 17.9 Å². The predicted molar refractivity (Wildman–Crippen MR) is 242 cm³/mol. The molecule has 57 heavy (non-hydrogen) atoms. The molecular weight excluding hydrogens is 709 g/mol. The Bertz CT molecular complexity index is 1010. The Hall–Kier alpha value is -2.63. The summed E-state index contributed by atoms with van der Waals surface area (Å²) in [6.45, 7) is 6.53. The number of carbonyl (C=O) groups is 3. The van der Waals surface area contributed by atoms with Gasteiger partial charge in [0.1, 0.15) is 13.2 Å². The average Bonchev–Trinajstić information content (AvgIpc) is 3.21. The van der Waals surface area contributed by atoms with Crippen molar-refractivity contribution >= 4 is 17.9 Å². The molecule has 0 unspecified atom stereocenters. The van der Waals surface area contributed by atoms with Crippen LogP contribution in [-0.4, -0.2) is 37.2 Å². The molecule has 1 atom stereocenters. The van der Waals surface area contributed by atoms with E-state index in [4.69, 9.17) is 14.2 Å². The Kier molecular flexibility index (Phi) is 43.9. The van der Waals surface area contributed by atoms with E-state index in [1.165, 1.54) is 103 Å². The summed E-state index contributed by atoms with van der Waals surface area (Å²) in [6.07, 6.45) is 53.7. The third-order valence-corrected chi connectivity index (χ3v) is 10.3. The van der Waals surface area contributed by atoms with Gasteiger partial charge in [-0.15, -0.1) is 0 Å². The Morgan fingerprint density at radius 2 is 0.632 bits per heavy atom. The number of ether oxygens (including phenoxy) is 3. The second-order valence-electron chi connectivity index (χ2n) is 16.0. The Balaban J connectivity index is 4.41. The molecule has 6 heteroatoms. The largest absolute Gasteiger partial charge is 0.462 e. The van der Waals surface area contributed by atoms with Gasteiger partial charge in [0.2, 0.25) is 0 Å². The second-order valence-corrected chi connectivity index (χ2v) is 16.0. The standard InChI is InChI=1S/C51H90O6/c1-4-7-10-13-16-19-22-25-26-27-30-32-35-38-41-44-50(53)56-47-48(57-51(54)45-42-39-36-33-29-24-21-18-15-12-9-6-3)46-55-49(52)43-40-37-34-31-28-23-20-17-14-11-8-5-2/h16-21,25-26,48H,4-15,22-24,27-47H2,1-3H3/b19-16-,20-17-,21-18-,26-25-/t48-/m1/s1. The van der Waals surface area contributed by atoms with Crippen molar-refractivity contribution < 1.29 is 28.6 Å². The molecule has 330 valence electrons. The highest BCUT2D eigenvalue weighted by molar-refractivity contribution is 5.71. The van der Waals surface area contributed by atoms with Crippen molar-refractivity contribution in [3.05, 3.63) is 48.6 Å². The van der Waals surface area contributed by atoms with E-state index in [-0.39, 0.29) is 31.1 Å². The molecule has 0 rings (SSSR count). The van der Waals surface area contributed by atoms with Crippen molar-refractivity contribution in [1.29, 1.82) is 0 Å². The van der Waals surface area contributed by atoms with Gasteiger partial charge < -0.3 is 14.2 Å². The highest BCUT2D eigenvalue weighted by Gasteiger charge is 2.19. The van der Waals surface area contributed by atoms with Crippen LogP contribution >= 0.6 is 0 Å². The van der Waals surface area contributed by atoms with E-state index in [9.17, 15) is 14.4 Å². The van der Waals surface area contributed by atoms with Crippen LogP contribution in [-0.2, 0) is 28.6 Å². The lowest BCUT2D eigenvalue weighted by atomic mass is 10.1. The fourth-order valence-corrected chi connectivity index (χ4v) is 6.58. The van der Waals surface area contributed by atoms with Gasteiger partial charge in [0, 0.05) is 19.3 Å². The van der Waals surface area contributed by atoms with Gasteiger partial charge in [-0.3, -0.25) is 14.4 Å². The fourth-order valence-electron chi connectivity index (χ4n) is 6.58. The van der Waals surface area contributed by atoms with E-state index in [1.54, 1.807) is 0 Å². The molecule has 0 radical (unpaired) electrons. The summed E-state index contributed by atoms with van der Waals surface area (Å²) in [5, 5.41) is 0. The van der Waals surface area contributed by atoms with Gasteiger partial charge in [-0.2, -0.15) is 0 Å². The topological polar surface area (TPSA) is 78.9 Å². The zero-order valence-electron chi connectivity index (χ0n) is 37.6. The molecule has 0 aliphatic rings. The Morgan fingerprint density at radius 3 is 0.982 bits per heavy atom. The molecule has 0 heterocycles. The van der Waals surface area contributed by atoms with E-state index in [0.717, 1.165) is 96.3 Å². The summed E-state index contributed by atoms with van der Waals surface area (Å²) in [4.78, 5) is 37.8. The average molecular weight is 799 g/mol. The highest BCUT2D eigenvalue weighted by Crippen LogP contribution is 2.13. The van der Waals surface area contributed by atoms with Gasteiger partial charge in [-0.25, -0.2) is 0 Å². The first-order valence-corrected chi connectivity index (χ1v) is 24.1. The monoisotopic (exact) mass is 799 g/mol. The van der Waals surface area contributed by atoms with Crippen LogP contribution in [0.15, 0.2) is 48.6 Å². The molecule has 0 aromatic rings. The number of rotatable bonds is 43. The Morgan fingerprint density at radius 1 is 0.351 bits per heavy atom. The van der Waals surface area contributed by atoms with Crippen molar-refractivity contribution in [2.24, 2.45) is 0 Å². The van der Waals surface area contributed by atoms with Crippen molar-refractivity contribution in [2.75, 3.05) is 13.2 Å². The van der Waals surface area contributed by atoms with Crippen LogP contribution in [0.25, 0.3) is 0 Å². The molecule has 0 aliphatic carbocycles. The quantitative estimate of drug-likeness (QED) is 0.0265. The number of unbranched alkanes of at least 4 members (excludes halogenated alkanes) is 24. The minimum absolute atomic E-state index is 0.0852. The lowest BCUT2D eigenvalue weighted by Crippen LogP contribution is -2.30. The third kappa shape index (κ3) is 44.3. The number of carbonyl (C=O) groups excluding carboxylic acids is 3. The Labute approximate surface area is 352 Å². The number of esters is 3. The molecule has 0 amide bonds. The first-order valence-electron chi connectivity index (χ1n) is 24.1. The van der Waals surface area contributed by atoms with E-state index >= 15 is 0 Å². The summed E-state index contributed by atoms with van der Waals surface area (Å²) in [5.41, 5.74) is 0. The van der Waals surface area contributed by atoms with Gasteiger partial charge in [-0.1, -0.05) is 166 Å². The summed E-state index contributed by atoms with van der Waals surface area (Å²) >= 11 is 0. The number of hydrogen-bond acceptors (Lipinski definition) is 6. The first kappa shape index (κ1) is 54.4. The van der Waals surface area contributed by atoms with Crippen molar-refractivity contribution in [1.82, 2.24) is 0 Å². The molecule has 0 N–H and O–H groups in total. The van der Waals surface area contributed by atoms with Crippen molar-refractivity contribution in [2.45, 2.75) is 245 Å². The SMILES string of the molecule is CCCCC/C=C\C/C=C\CCCCCCCC(=O)OC[C@@H](COC(=O)CCCCCCC/C=C\CCCCC)OC(=O)CCCCCCC/C=C\CCCCC. The predicted octanol–water partition coefficient (Wildman–Crippen LogP) is 15.5. The molecule has 0 bridgehead atoms. The van der Waals surface area contributed by atoms with Crippen LogP contribution in [0.3, 0.4) is 0 Å². The minimum Gasteiger partial charge on any atom is -0.462 e. The molecule has 0 aliphatic heterocycles. The molecule has 0 spiro atoms. The van der Waals surface area contributed by atoms with Crippen LogP contribution in [0.4, 0.5) is 0 Å². The lowest BCUT2D eigenvalue weighted by Gasteiger charge is -2.18. The van der Waals surface area contributed by atoms with E-state index in [2.05, 4.69) is 69.4 Å². The smallest absolute Gasteiger partial charge is 0.306 e. The highest BCUT2D eigenvalue weighted by atomic mass is 16.6. The third-order valence-electron chi connectivity index (χ3n) is 10.3. The molecule has 0 fully saturated rings. The zero-order valence-corrected chi connectivity index (χ0v) is 37.6. The van der Waals surface area contributed by atoms with Gasteiger partial charge in [0.05, 0.1) is 0 Å². The van der Waals surface area contributed by atoms with E-state index in [1.807, 2.05) is 0 Å². The van der Waals surface area contributed by atoms with Gasteiger partial charge in [-0.05, 0) is 103 Å². The van der Waals surface area contributed by atoms with Crippen LogP contribution in [0, 0.1) is 0 Å². The maximum Gasteiger partial charge on any atom is 0.306 e. The summed E-state index contributed by atoms with van der Waals surface area (Å²) in [5.74, 6) is -0.916. The molecule has 0 aromatic carbocycles. The zero-order chi connectivity index (χ0) is 41.5. The van der Waals surface area contributed by atoms with Crippen LogP contribution < -0.4 is 0 Å².